The Balaban J connectivity index is 2.32. The van der Waals surface area contributed by atoms with E-state index in [1.165, 1.54) is 0 Å². The largest absolute Gasteiger partial charge is 0.325 e. The lowest BCUT2D eigenvalue weighted by Crippen LogP contribution is -2.05. The fourth-order valence-electron chi connectivity index (χ4n) is 1.93. The van der Waals surface area contributed by atoms with Crippen LogP contribution in [0, 0.1) is 0 Å². The number of hydrogen-bond donors (Lipinski definition) is 1. The fraction of sp³-hybridized carbons (Fsp3) is 0.0769. The van der Waals surface area contributed by atoms with E-state index in [4.69, 9.17) is 5.73 Å². The monoisotopic (exact) mass is 302 g/mol. The minimum absolute atomic E-state index is 0.417. The lowest BCUT2D eigenvalue weighted by molar-refractivity contribution is 0.839. The summed E-state index contributed by atoms with van der Waals surface area (Å²) in [6.07, 6.45) is 3.63. The van der Waals surface area contributed by atoms with Gasteiger partial charge in [-0.3, -0.25) is 0 Å². The Morgan fingerprint density at radius 2 is 2.11 bits per heavy atom. The summed E-state index contributed by atoms with van der Waals surface area (Å²) < 4.78 is 2.68. The summed E-state index contributed by atoms with van der Waals surface area (Å²) in [5, 5.41) is 6.46. The molecule has 0 spiro atoms. The Bertz CT molecular complexity index is 705. The molecule has 2 aromatic heterocycles. The van der Waals surface area contributed by atoms with Gasteiger partial charge in [-0.25, -0.2) is 9.67 Å². The molecule has 0 unspecified atom stereocenters. The number of hydrogen-bond acceptors (Lipinski definition) is 3. The molecule has 0 fully saturated rings. The van der Waals surface area contributed by atoms with Gasteiger partial charge in [-0.2, -0.15) is 5.10 Å². The summed E-state index contributed by atoms with van der Waals surface area (Å²) in [5.41, 5.74) is 6.55. The Kier molecular flexibility index (Phi) is 2.85. The van der Waals surface area contributed by atoms with Gasteiger partial charge in [-0.1, -0.05) is 24.3 Å². The van der Waals surface area contributed by atoms with Crippen LogP contribution in [0.3, 0.4) is 0 Å². The third-order valence-electron chi connectivity index (χ3n) is 2.75. The number of nitrogens with two attached hydrogens (primary N) is 1. The molecule has 3 aromatic rings. The maximum absolute atomic E-state index is 5.69. The van der Waals surface area contributed by atoms with E-state index < -0.39 is 0 Å². The Morgan fingerprint density at radius 3 is 2.83 bits per heavy atom. The zero-order valence-electron chi connectivity index (χ0n) is 9.55. The zero-order chi connectivity index (χ0) is 12.5. The molecule has 5 heteroatoms. The van der Waals surface area contributed by atoms with E-state index in [0.717, 1.165) is 26.8 Å². The van der Waals surface area contributed by atoms with Gasteiger partial charge >= 0.3 is 0 Å². The van der Waals surface area contributed by atoms with Gasteiger partial charge in [0.1, 0.15) is 0 Å². The molecule has 0 aliphatic rings. The van der Waals surface area contributed by atoms with Gasteiger partial charge in [0.2, 0.25) is 0 Å². The predicted octanol–water partition coefficient (Wildman–Crippen LogP) is 2.64. The highest BCUT2D eigenvalue weighted by atomic mass is 79.9. The number of benzene rings is 1. The van der Waals surface area contributed by atoms with Crippen LogP contribution < -0.4 is 5.73 Å². The second-order valence-corrected chi connectivity index (χ2v) is 4.88. The van der Waals surface area contributed by atoms with Crippen molar-refractivity contribution in [3.63, 3.8) is 0 Å². The summed E-state index contributed by atoms with van der Waals surface area (Å²) in [6.45, 7) is 0.417. The molecule has 4 nitrogen and oxygen atoms in total. The normalized spacial score (nSPS) is 11.0. The van der Waals surface area contributed by atoms with Gasteiger partial charge in [0.15, 0.2) is 5.82 Å². The Labute approximate surface area is 113 Å². The number of pyridine rings is 1. The number of nitrogens with zero attached hydrogens (tertiary/aromatic N) is 3. The third-order valence-corrected chi connectivity index (χ3v) is 3.16. The summed E-state index contributed by atoms with van der Waals surface area (Å²) in [4.78, 5) is 4.56. The van der Waals surface area contributed by atoms with Gasteiger partial charge in [-0.15, -0.1) is 0 Å². The molecule has 2 heterocycles. The van der Waals surface area contributed by atoms with Gasteiger partial charge < -0.3 is 5.73 Å². The molecular weight excluding hydrogens is 292 g/mol. The Hall–Kier alpha value is -1.72. The molecule has 0 bridgehead atoms. The van der Waals surface area contributed by atoms with E-state index in [9.17, 15) is 0 Å². The van der Waals surface area contributed by atoms with Crippen LogP contribution in [0.2, 0.25) is 0 Å². The summed E-state index contributed by atoms with van der Waals surface area (Å²) in [6, 6.07) is 10.1. The first-order valence-electron chi connectivity index (χ1n) is 5.57. The predicted molar refractivity (Wildman–Crippen MR) is 74.5 cm³/mol. The van der Waals surface area contributed by atoms with Crippen LogP contribution >= 0.6 is 15.9 Å². The molecule has 0 saturated heterocycles. The first-order chi connectivity index (χ1) is 8.78. The van der Waals surface area contributed by atoms with E-state index in [2.05, 4.69) is 32.1 Å². The maximum Gasteiger partial charge on any atom is 0.161 e. The highest BCUT2D eigenvalue weighted by Gasteiger charge is 2.08. The molecule has 3 rings (SSSR count). The molecule has 1 aromatic carbocycles. The first-order valence-corrected chi connectivity index (χ1v) is 6.36. The van der Waals surface area contributed by atoms with Crippen molar-refractivity contribution in [2.45, 2.75) is 6.54 Å². The van der Waals surface area contributed by atoms with Crippen molar-refractivity contribution in [2.75, 3.05) is 0 Å². The quantitative estimate of drug-likeness (QED) is 0.792. The molecule has 0 atom stereocenters. The lowest BCUT2D eigenvalue weighted by atomic mass is 10.1. The van der Waals surface area contributed by atoms with Gasteiger partial charge in [-0.05, 0) is 27.4 Å². The summed E-state index contributed by atoms with van der Waals surface area (Å²) >= 11 is 3.39. The average molecular weight is 303 g/mol. The molecule has 0 radical (unpaired) electrons. The van der Waals surface area contributed by atoms with Crippen molar-refractivity contribution in [3.8, 4) is 5.82 Å². The second-order valence-electron chi connectivity index (χ2n) is 3.97. The van der Waals surface area contributed by atoms with E-state index in [-0.39, 0.29) is 0 Å². The SMILES string of the molecule is NCc1cc2ccccc2c(-n2cc(Br)cn2)n1. The van der Waals surface area contributed by atoms with Crippen molar-refractivity contribution in [2.24, 2.45) is 5.73 Å². The van der Waals surface area contributed by atoms with E-state index in [1.807, 2.05) is 30.5 Å². The minimum Gasteiger partial charge on any atom is -0.325 e. The van der Waals surface area contributed by atoms with Crippen LogP contribution in [0.25, 0.3) is 16.6 Å². The number of aromatic nitrogens is 3. The lowest BCUT2D eigenvalue weighted by Gasteiger charge is -2.08. The van der Waals surface area contributed by atoms with Crippen LogP contribution in [0.5, 0.6) is 0 Å². The third kappa shape index (κ3) is 1.91. The van der Waals surface area contributed by atoms with Crippen LogP contribution in [-0.4, -0.2) is 14.8 Å². The molecule has 0 aliphatic carbocycles. The molecule has 2 N–H and O–H groups in total. The average Bonchev–Trinajstić information content (AvgIpc) is 2.84. The van der Waals surface area contributed by atoms with Gasteiger partial charge in [0, 0.05) is 18.1 Å². The topological polar surface area (TPSA) is 56.7 Å². The van der Waals surface area contributed by atoms with Crippen LogP contribution in [0.1, 0.15) is 5.69 Å². The van der Waals surface area contributed by atoms with Crippen molar-refractivity contribution in [3.05, 3.63) is 52.9 Å². The van der Waals surface area contributed by atoms with Crippen molar-refractivity contribution >= 4 is 26.7 Å². The molecule has 0 amide bonds. The standard InChI is InChI=1S/C13H11BrN4/c14-10-7-16-18(8-10)13-12-4-2-1-3-9(12)5-11(6-15)17-13/h1-5,7-8H,6,15H2. The maximum atomic E-state index is 5.69. The Morgan fingerprint density at radius 1 is 1.28 bits per heavy atom. The summed E-state index contributed by atoms with van der Waals surface area (Å²) in [7, 11) is 0. The van der Waals surface area contributed by atoms with E-state index in [1.54, 1.807) is 10.9 Å². The van der Waals surface area contributed by atoms with Gasteiger partial charge in [0.25, 0.3) is 0 Å². The number of rotatable bonds is 2. The van der Waals surface area contributed by atoms with Crippen LogP contribution in [0.4, 0.5) is 0 Å². The summed E-state index contributed by atoms with van der Waals surface area (Å²) in [5.74, 6) is 0.805. The highest BCUT2D eigenvalue weighted by Crippen LogP contribution is 2.22. The fourth-order valence-corrected chi connectivity index (χ4v) is 2.22. The second kappa shape index (κ2) is 4.51. The highest BCUT2D eigenvalue weighted by molar-refractivity contribution is 9.10. The molecule has 0 aliphatic heterocycles. The molecule has 90 valence electrons. The molecule has 18 heavy (non-hydrogen) atoms. The van der Waals surface area contributed by atoms with Crippen molar-refractivity contribution < 1.29 is 0 Å². The molecular formula is C13H11BrN4. The van der Waals surface area contributed by atoms with Crippen LogP contribution in [-0.2, 0) is 6.54 Å². The minimum atomic E-state index is 0.417. The molecule has 0 saturated carbocycles. The number of fused-ring (bicyclic) bond motifs is 1. The smallest absolute Gasteiger partial charge is 0.161 e. The van der Waals surface area contributed by atoms with E-state index >= 15 is 0 Å². The first kappa shape index (κ1) is 11.4. The van der Waals surface area contributed by atoms with Crippen molar-refractivity contribution in [1.82, 2.24) is 14.8 Å². The van der Waals surface area contributed by atoms with Crippen molar-refractivity contribution in [1.29, 1.82) is 0 Å². The number of halogens is 1. The zero-order valence-corrected chi connectivity index (χ0v) is 11.1. The van der Waals surface area contributed by atoms with Gasteiger partial charge in [0.05, 0.1) is 16.4 Å². The van der Waals surface area contributed by atoms with Crippen LogP contribution in [0.15, 0.2) is 47.2 Å². The van der Waals surface area contributed by atoms with E-state index in [0.29, 0.717) is 6.54 Å².